The largest absolute Gasteiger partial charge is 0.492 e. The van der Waals surface area contributed by atoms with Gasteiger partial charge in [-0.15, -0.1) is 0 Å². The van der Waals surface area contributed by atoms with Crippen LogP contribution in [-0.2, 0) is 10.2 Å². The first-order valence-corrected chi connectivity index (χ1v) is 10.8. The van der Waals surface area contributed by atoms with E-state index in [4.69, 9.17) is 9.47 Å². The Morgan fingerprint density at radius 3 is 2.50 bits per heavy atom. The fourth-order valence-corrected chi connectivity index (χ4v) is 3.18. The third-order valence-corrected chi connectivity index (χ3v) is 4.95. The van der Waals surface area contributed by atoms with E-state index in [1.54, 1.807) is 31.2 Å². The van der Waals surface area contributed by atoms with E-state index in [2.05, 4.69) is 59.5 Å². The Labute approximate surface area is 186 Å². The lowest BCUT2D eigenvalue weighted by Gasteiger charge is -2.20. The minimum Gasteiger partial charge on any atom is -0.492 e. The first-order valence-electron chi connectivity index (χ1n) is 9.96. The molecule has 0 aromatic heterocycles. The molecule has 2 amide bonds. The van der Waals surface area contributed by atoms with Gasteiger partial charge in [0.1, 0.15) is 5.75 Å². The van der Waals surface area contributed by atoms with Crippen LogP contribution >= 0.6 is 15.9 Å². The number of carbonyl (C=O) groups is 2. The van der Waals surface area contributed by atoms with Gasteiger partial charge in [-0.25, -0.2) is 9.59 Å². The molecule has 0 saturated heterocycles. The number of benzene rings is 2. The number of ether oxygens (including phenoxy) is 2. The van der Waals surface area contributed by atoms with Crippen LogP contribution in [0.5, 0.6) is 5.75 Å². The Morgan fingerprint density at radius 2 is 1.83 bits per heavy atom. The standard InChI is InChI=1S/C23H29BrN2O4/c1-5-29-21(27)17-9-6-7-10-19(17)26-22(28)25-13-8-14-30-20-12-11-16(15-18(20)24)23(2,3)4/h6-7,9-12,15H,5,8,13-14H2,1-4H3,(H2,25,26,28). The van der Waals surface area contributed by atoms with Gasteiger partial charge in [-0.2, -0.15) is 0 Å². The van der Waals surface area contributed by atoms with Gasteiger partial charge in [-0.3, -0.25) is 0 Å². The van der Waals surface area contributed by atoms with Crippen LogP contribution < -0.4 is 15.4 Å². The van der Waals surface area contributed by atoms with Crippen molar-refractivity contribution in [1.82, 2.24) is 5.32 Å². The number of anilines is 1. The number of carbonyl (C=O) groups excluding carboxylic acids is 2. The van der Waals surface area contributed by atoms with Crippen LogP contribution in [0.3, 0.4) is 0 Å². The predicted octanol–water partition coefficient (Wildman–Crippen LogP) is 5.51. The zero-order chi connectivity index (χ0) is 22.1. The molecule has 30 heavy (non-hydrogen) atoms. The Kier molecular flexibility index (Phi) is 8.72. The monoisotopic (exact) mass is 476 g/mol. The maximum atomic E-state index is 12.1. The van der Waals surface area contributed by atoms with Crippen LogP contribution in [0.4, 0.5) is 10.5 Å². The van der Waals surface area contributed by atoms with E-state index in [9.17, 15) is 9.59 Å². The van der Waals surface area contributed by atoms with Crippen molar-refractivity contribution in [2.75, 3.05) is 25.1 Å². The average molecular weight is 477 g/mol. The number of halogens is 1. The summed E-state index contributed by atoms with van der Waals surface area (Å²) in [7, 11) is 0. The first-order chi connectivity index (χ1) is 14.2. The Hall–Kier alpha value is -2.54. The van der Waals surface area contributed by atoms with Crippen LogP contribution in [0.1, 0.15) is 50.0 Å². The number of urea groups is 1. The summed E-state index contributed by atoms with van der Waals surface area (Å²) in [4.78, 5) is 24.1. The molecule has 0 radical (unpaired) electrons. The Bertz CT molecular complexity index is 878. The fourth-order valence-electron chi connectivity index (χ4n) is 2.69. The quantitative estimate of drug-likeness (QED) is 0.388. The predicted molar refractivity (Wildman–Crippen MR) is 122 cm³/mol. The molecule has 2 aromatic rings. The van der Waals surface area contributed by atoms with E-state index in [0.717, 1.165) is 10.2 Å². The van der Waals surface area contributed by atoms with Gasteiger partial charge in [0.2, 0.25) is 0 Å². The molecule has 2 N–H and O–H groups in total. The minimum absolute atomic E-state index is 0.0736. The van der Waals surface area contributed by atoms with Crippen LogP contribution in [0.15, 0.2) is 46.9 Å². The molecule has 0 saturated carbocycles. The zero-order valence-electron chi connectivity index (χ0n) is 17.9. The van der Waals surface area contributed by atoms with E-state index < -0.39 is 5.97 Å². The molecule has 0 heterocycles. The summed E-state index contributed by atoms with van der Waals surface area (Å²) in [6.07, 6.45) is 0.639. The molecule has 2 aromatic carbocycles. The topological polar surface area (TPSA) is 76.7 Å². The lowest BCUT2D eigenvalue weighted by Crippen LogP contribution is -2.31. The van der Waals surface area contributed by atoms with Gasteiger partial charge in [-0.05, 0) is 64.5 Å². The zero-order valence-corrected chi connectivity index (χ0v) is 19.5. The summed E-state index contributed by atoms with van der Waals surface area (Å²) in [6, 6.07) is 12.4. The molecule has 6 nitrogen and oxygen atoms in total. The van der Waals surface area contributed by atoms with E-state index >= 15 is 0 Å². The number of para-hydroxylation sites is 1. The van der Waals surface area contributed by atoms with Crippen molar-refractivity contribution in [3.05, 3.63) is 58.1 Å². The molecule has 0 aliphatic heterocycles. The smallest absolute Gasteiger partial charge is 0.340 e. The number of nitrogens with one attached hydrogen (secondary N) is 2. The van der Waals surface area contributed by atoms with Crippen molar-refractivity contribution in [3.8, 4) is 5.75 Å². The maximum Gasteiger partial charge on any atom is 0.340 e. The van der Waals surface area contributed by atoms with Gasteiger partial charge < -0.3 is 20.1 Å². The lowest BCUT2D eigenvalue weighted by atomic mass is 9.87. The van der Waals surface area contributed by atoms with Gasteiger partial charge in [0.15, 0.2) is 0 Å². The summed E-state index contributed by atoms with van der Waals surface area (Å²) in [5, 5.41) is 5.45. The normalized spacial score (nSPS) is 11.0. The maximum absolute atomic E-state index is 12.1. The van der Waals surface area contributed by atoms with E-state index in [0.29, 0.717) is 30.8 Å². The summed E-state index contributed by atoms with van der Waals surface area (Å²) >= 11 is 3.56. The summed E-state index contributed by atoms with van der Waals surface area (Å²) < 4.78 is 11.7. The number of hydrogen-bond acceptors (Lipinski definition) is 4. The highest BCUT2D eigenvalue weighted by atomic mass is 79.9. The fraction of sp³-hybridized carbons (Fsp3) is 0.391. The number of hydrogen-bond donors (Lipinski definition) is 2. The highest BCUT2D eigenvalue weighted by molar-refractivity contribution is 9.10. The van der Waals surface area contributed by atoms with Gasteiger partial charge in [0, 0.05) is 6.54 Å². The number of rotatable bonds is 8. The minimum atomic E-state index is -0.468. The van der Waals surface area contributed by atoms with Crippen LogP contribution in [0.25, 0.3) is 0 Å². The first kappa shape index (κ1) is 23.7. The van der Waals surface area contributed by atoms with Crippen molar-refractivity contribution in [2.45, 2.75) is 39.5 Å². The average Bonchev–Trinajstić information content (AvgIpc) is 2.68. The molecule has 2 rings (SSSR count). The van der Waals surface area contributed by atoms with E-state index in [1.807, 2.05) is 6.07 Å². The van der Waals surface area contributed by atoms with Crippen molar-refractivity contribution < 1.29 is 19.1 Å². The molecule has 162 valence electrons. The summed E-state index contributed by atoms with van der Waals surface area (Å²) in [5.41, 5.74) is 2.03. The van der Waals surface area contributed by atoms with Crippen LogP contribution in [0, 0.1) is 0 Å². The molecule has 0 aliphatic rings. The van der Waals surface area contributed by atoms with E-state index in [-0.39, 0.29) is 18.1 Å². The molecule has 0 atom stereocenters. The van der Waals surface area contributed by atoms with Crippen LogP contribution in [0.2, 0.25) is 0 Å². The molecule has 0 unspecified atom stereocenters. The summed E-state index contributed by atoms with van der Waals surface area (Å²) in [5.74, 6) is 0.306. The summed E-state index contributed by atoms with van der Waals surface area (Å²) in [6.45, 7) is 9.40. The van der Waals surface area contributed by atoms with Crippen molar-refractivity contribution >= 4 is 33.6 Å². The second kappa shape index (κ2) is 11.0. The molecule has 0 aliphatic carbocycles. The highest BCUT2D eigenvalue weighted by Crippen LogP contribution is 2.31. The highest BCUT2D eigenvalue weighted by Gasteiger charge is 2.15. The molecular formula is C23H29BrN2O4. The number of amides is 2. The Balaban J connectivity index is 1.78. The van der Waals surface area contributed by atoms with Crippen molar-refractivity contribution in [3.63, 3.8) is 0 Å². The molecule has 0 spiro atoms. The lowest BCUT2D eigenvalue weighted by molar-refractivity contribution is 0.0527. The second-order valence-electron chi connectivity index (χ2n) is 7.74. The second-order valence-corrected chi connectivity index (χ2v) is 8.60. The van der Waals surface area contributed by atoms with Gasteiger partial charge in [-0.1, -0.05) is 39.0 Å². The Morgan fingerprint density at radius 1 is 1.10 bits per heavy atom. The van der Waals surface area contributed by atoms with Crippen molar-refractivity contribution in [1.29, 1.82) is 0 Å². The van der Waals surface area contributed by atoms with E-state index in [1.165, 1.54) is 5.56 Å². The SMILES string of the molecule is CCOC(=O)c1ccccc1NC(=O)NCCCOc1ccc(C(C)(C)C)cc1Br. The van der Waals surface area contributed by atoms with Crippen molar-refractivity contribution in [2.24, 2.45) is 0 Å². The third-order valence-electron chi connectivity index (χ3n) is 4.33. The van der Waals surface area contributed by atoms with Gasteiger partial charge >= 0.3 is 12.0 Å². The van der Waals surface area contributed by atoms with Gasteiger partial charge in [0.05, 0.1) is 28.9 Å². The third kappa shape index (κ3) is 7.06. The molecule has 0 bridgehead atoms. The van der Waals surface area contributed by atoms with Crippen LogP contribution in [-0.4, -0.2) is 31.8 Å². The molecule has 0 fully saturated rings. The molecular weight excluding hydrogens is 448 g/mol. The number of esters is 1. The molecule has 7 heteroatoms. The van der Waals surface area contributed by atoms with Gasteiger partial charge in [0.25, 0.3) is 0 Å².